The van der Waals surface area contributed by atoms with E-state index in [1.807, 2.05) is 36.4 Å². The first-order valence-electron chi connectivity index (χ1n) is 14.5. The van der Waals surface area contributed by atoms with Gasteiger partial charge in [-0.1, -0.05) is 48.5 Å². The van der Waals surface area contributed by atoms with E-state index in [1.54, 1.807) is 6.92 Å². The van der Waals surface area contributed by atoms with Crippen LogP contribution in [0.3, 0.4) is 0 Å². The van der Waals surface area contributed by atoms with Crippen LogP contribution in [0.4, 0.5) is 4.79 Å². The van der Waals surface area contributed by atoms with Gasteiger partial charge in [-0.3, -0.25) is 14.4 Å². The number of amides is 3. The minimum absolute atomic E-state index is 0.0967. The molecule has 2 atom stereocenters. The molecular weight excluding hydrogens is 524 g/mol. The molecule has 3 amide bonds. The van der Waals surface area contributed by atoms with E-state index in [0.29, 0.717) is 25.7 Å². The third-order valence-electron chi connectivity index (χ3n) is 7.49. The standard InChI is InChI=1S/C31H40N4O6/c1-2-40-28(36)19-33-29(37)26-15-7-9-17-32-18-10-8-16-27(30(38)34-26)35-31(39)41-20-25-23-13-5-3-11-21(23)22-12-4-6-14-24(22)25/h3-6,11-14,25-27,32H,2,7-10,15-20H2,1H3,(H,33,37)(H,34,38)(H,35,39)/t26-,27-/m0/s1. The molecule has 2 aromatic carbocycles. The number of hydrogen-bond donors (Lipinski definition) is 4. The third kappa shape index (κ3) is 8.29. The molecule has 1 aliphatic carbocycles. The van der Waals surface area contributed by atoms with Crippen LogP contribution in [0.5, 0.6) is 0 Å². The second-order valence-corrected chi connectivity index (χ2v) is 10.3. The number of carbonyl (C=O) groups excluding carboxylic acids is 4. The Kier molecular flexibility index (Phi) is 11.1. The molecule has 1 saturated heterocycles. The van der Waals surface area contributed by atoms with Crippen molar-refractivity contribution in [3.63, 3.8) is 0 Å². The van der Waals surface area contributed by atoms with Crippen LogP contribution in [0.1, 0.15) is 62.5 Å². The summed E-state index contributed by atoms with van der Waals surface area (Å²) >= 11 is 0. The number of ether oxygens (including phenoxy) is 2. The lowest BCUT2D eigenvalue weighted by molar-refractivity contribution is -0.143. The van der Waals surface area contributed by atoms with Crippen LogP contribution in [-0.2, 0) is 23.9 Å². The van der Waals surface area contributed by atoms with Crippen LogP contribution in [0.2, 0.25) is 0 Å². The average Bonchev–Trinajstić information content (AvgIpc) is 3.30. The van der Waals surface area contributed by atoms with Gasteiger partial charge in [0.2, 0.25) is 11.8 Å². The summed E-state index contributed by atoms with van der Waals surface area (Å²) in [6, 6.07) is 14.5. The molecule has 0 bridgehead atoms. The fraction of sp³-hybridized carbons (Fsp3) is 0.484. The van der Waals surface area contributed by atoms with Gasteiger partial charge in [-0.05, 0) is 80.8 Å². The highest BCUT2D eigenvalue weighted by Gasteiger charge is 2.31. The number of fused-ring (bicyclic) bond motifs is 3. The molecule has 0 radical (unpaired) electrons. The normalized spacial score (nSPS) is 19.7. The van der Waals surface area contributed by atoms with Crippen LogP contribution in [0.15, 0.2) is 48.5 Å². The SMILES string of the molecule is CCOC(=O)CNC(=O)[C@@H]1CCCCNCCCC[C@H](NC(=O)OCC2c3ccccc3-c3ccccc32)C(=O)N1. The fourth-order valence-electron chi connectivity index (χ4n) is 5.41. The van der Waals surface area contributed by atoms with E-state index < -0.39 is 36.0 Å². The van der Waals surface area contributed by atoms with Gasteiger partial charge in [-0.2, -0.15) is 0 Å². The number of esters is 1. The van der Waals surface area contributed by atoms with Crippen LogP contribution in [0.25, 0.3) is 11.1 Å². The molecule has 0 saturated carbocycles. The van der Waals surface area contributed by atoms with Crippen LogP contribution >= 0.6 is 0 Å². The van der Waals surface area contributed by atoms with Crippen molar-refractivity contribution in [1.82, 2.24) is 21.3 Å². The van der Waals surface area contributed by atoms with E-state index in [2.05, 4.69) is 33.4 Å². The maximum absolute atomic E-state index is 13.3. The number of hydrogen-bond acceptors (Lipinski definition) is 7. The van der Waals surface area contributed by atoms with Gasteiger partial charge in [-0.15, -0.1) is 0 Å². The molecular formula is C31H40N4O6. The van der Waals surface area contributed by atoms with Gasteiger partial charge in [0.15, 0.2) is 0 Å². The number of rotatable bonds is 7. The zero-order chi connectivity index (χ0) is 29.0. The molecule has 0 unspecified atom stereocenters. The lowest BCUT2D eigenvalue weighted by Gasteiger charge is -2.23. The monoisotopic (exact) mass is 564 g/mol. The topological polar surface area (TPSA) is 135 Å². The number of benzene rings is 2. The van der Waals surface area contributed by atoms with E-state index in [4.69, 9.17) is 9.47 Å². The predicted octanol–water partition coefficient (Wildman–Crippen LogP) is 3.00. The molecule has 1 fully saturated rings. The molecule has 2 aromatic rings. The lowest BCUT2D eigenvalue weighted by atomic mass is 9.98. The molecule has 1 aliphatic heterocycles. The number of nitrogens with one attached hydrogen (secondary N) is 4. The van der Waals surface area contributed by atoms with E-state index >= 15 is 0 Å². The van der Waals surface area contributed by atoms with Gasteiger partial charge in [0.25, 0.3) is 0 Å². The van der Waals surface area contributed by atoms with E-state index in [9.17, 15) is 19.2 Å². The first kappa shape index (κ1) is 30.0. The van der Waals surface area contributed by atoms with Crippen molar-refractivity contribution in [1.29, 1.82) is 0 Å². The summed E-state index contributed by atoms with van der Waals surface area (Å²) in [6.45, 7) is 3.38. The van der Waals surface area contributed by atoms with Crippen LogP contribution in [-0.4, -0.2) is 68.8 Å². The maximum Gasteiger partial charge on any atom is 0.407 e. The Balaban J connectivity index is 1.39. The highest BCUT2D eigenvalue weighted by atomic mass is 16.5. The van der Waals surface area contributed by atoms with Crippen molar-refractivity contribution in [2.24, 2.45) is 0 Å². The summed E-state index contributed by atoms with van der Waals surface area (Å²) in [5.74, 6) is -1.56. The van der Waals surface area contributed by atoms with Crippen LogP contribution in [0, 0.1) is 0 Å². The van der Waals surface area contributed by atoms with Crippen LogP contribution < -0.4 is 21.3 Å². The minimum Gasteiger partial charge on any atom is -0.465 e. The Morgan fingerprint density at radius 3 is 2.17 bits per heavy atom. The zero-order valence-electron chi connectivity index (χ0n) is 23.6. The van der Waals surface area contributed by atoms with Crippen molar-refractivity contribution in [2.45, 2.75) is 63.5 Å². The summed E-state index contributed by atoms with van der Waals surface area (Å²) in [6.07, 6.45) is 3.22. The minimum atomic E-state index is -0.869. The molecule has 0 spiro atoms. The second kappa shape index (κ2) is 15.2. The summed E-state index contributed by atoms with van der Waals surface area (Å²) < 4.78 is 10.5. The summed E-state index contributed by atoms with van der Waals surface area (Å²) in [5.41, 5.74) is 4.47. The first-order chi connectivity index (χ1) is 20.0. The van der Waals surface area contributed by atoms with Gasteiger partial charge >= 0.3 is 12.1 Å². The highest BCUT2D eigenvalue weighted by molar-refractivity contribution is 5.92. The average molecular weight is 565 g/mol. The van der Waals surface area contributed by atoms with Gasteiger partial charge in [0.1, 0.15) is 25.2 Å². The quantitative estimate of drug-likeness (QED) is 0.380. The molecule has 2 aliphatic rings. The van der Waals surface area contributed by atoms with E-state index in [0.717, 1.165) is 48.2 Å². The molecule has 10 nitrogen and oxygen atoms in total. The molecule has 10 heteroatoms. The molecule has 4 N–H and O–H groups in total. The summed E-state index contributed by atoms with van der Waals surface area (Å²) in [7, 11) is 0. The predicted molar refractivity (Wildman–Crippen MR) is 154 cm³/mol. The largest absolute Gasteiger partial charge is 0.465 e. The summed E-state index contributed by atoms with van der Waals surface area (Å²) in [4.78, 5) is 50.9. The molecule has 0 aromatic heterocycles. The van der Waals surface area contributed by atoms with Gasteiger partial charge in [0, 0.05) is 5.92 Å². The number of carbonyl (C=O) groups is 4. The Labute approximate surface area is 240 Å². The third-order valence-corrected chi connectivity index (χ3v) is 7.49. The van der Waals surface area contributed by atoms with Gasteiger partial charge < -0.3 is 30.7 Å². The second-order valence-electron chi connectivity index (χ2n) is 10.3. The van der Waals surface area contributed by atoms with Gasteiger partial charge in [0.05, 0.1) is 6.61 Å². The Hall–Kier alpha value is -3.92. The van der Waals surface area contributed by atoms with Crippen molar-refractivity contribution in [3.8, 4) is 11.1 Å². The van der Waals surface area contributed by atoms with E-state index in [-0.39, 0.29) is 25.7 Å². The molecule has 4 rings (SSSR count). The van der Waals surface area contributed by atoms with Gasteiger partial charge in [-0.25, -0.2) is 4.79 Å². The van der Waals surface area contributed by atoms with Crippen molar-refractivity contribution in [3.05, 3.63) is 59.7 Å². The maximum atomic E-state index is 13.3. The molecule has 220 valence electrons. The molecule has 41 heavy (non-hydrogen) atoms. The molecule has 1 heterocycles. The zero-order valence-corrected chi connectivity index (χ0v) is 23.6. The Bertz CT molecular complexity index is 1170. The van der Waals surface area contributed by atoms with Crippen molar-refractivity contribution >= 4 is 23.9 Å². The highest BCUT2D eigenvalue weighted by Crippen LogP contribution is 2.44. The van der Waals surface area contributed by atoms with E-state index in [1.165, 1.54) is 0 Å². The fourth-order valence-corrected chi connectivity index (χ4v) is 5.41. The lowest BCUT2D eigenvalue weighted by Crippen LogP contribution is -2.54. The van der Waals surface area contributed by atoms with Crippen molar-refractivity contribution < 1.29 is 28.7 Å². The number of alkyl carbamates (subject to hydrolysis) is 1. The van der Waals surface area contributed by atoms with Crippen molar-refractivity contribution in [2.75, 3.05) is 32.8 Å². The Morgan fingerprint density at radius 1 is 0.878 bits per heavy atom. The smallest absolute Gasteiger partial charge is 0.407 e. The Morgan fingerprint density at radius 2 is 1.51 bits per heavy atom. The first-order valence-corrected chi connectivity index (χ1v) is 14.5. The summed E-state index contributed by atoms with van der Waals surface area (Å²) in [5, 5.41) is 11.5.